The van der Waals surface area contributed by atoms with E-state index < -0.39 is 12.3 Å². The fourth-order valence-electron chi connectivity index (χ4n) is 1.71. The summed E-state index contributed by atoms with van der Waals surface area (Å²) in [5.74, 6) is -0.0783. The molecule has 0 bridgehead atoms. The minimum absolute atomic E-state index is 0.271. The van der Waals surface area contributed by atoms with E-state index in [9.17, 15) is 8.78 Å². The van der Waals surface area contributed by atoms with Crippen LogP contribution in [0.5, 0.6) is 0 Å². The molecule has 1 saturated heterocycles. The molecule has 2 rings (SSSR count). The van der Waals surface area contributed by atoms with Crippen LogP contribution >= 0.6 is 11.6 Å². The Kier molecular flexibility index (Phi) is 3.00. The molecule has 6 heteroatoms. The minimum Gasteiger partial charge on any atom is -0.354 e. The van der Waals surface area contributed by atoms with Gasteiger partial charge in [0.15, 0.2) is 11.0 Å². The van der Waals surface area contributed by atoms with Gasteiger partial charge in [-0.1, -0.05) is 11.6 Å². The standard InChI is InChI=1S/C9H10ClF2N3/c10-7-9(14-3-2-13-7)15-4-1-6(5-15)8(11)12/h2-3,6,8H,1,4-5H2/t6-/m1/s1. The van der Waals surface area contributed by atoms with Gasteiger partial charge < -0.3 is 4.90 Å². The summed E-state index contributed by atoms with van der Waals surface area (Å²) in [5, 5.41) is 0.271. The summed E-state index contributed by atoms with van der Waals surface area (Å²) in [6.07, 6.45) is 1.19. The van der Waals surface area contributed by atoms with Gasteiger partial charge in [-0.2, -0.15) is 0 Å². The number of anilines is 1. The van der Waals surface area contributed by atoms with Crippen LogP contribution in [0.3, 0.4) is 0 Å². The highest BCUT2D eigenvalue weighted by Crippen LogP contribution is 2.29. The smallest absolute Gasteiger partial charge is 0.243 e. The Bertz CT molecular complexity index is 348. The highest BCUT2D eigenvalue weighted by molar-refractivity contribution is 6.31. The first-order valence-electron chi connectivity index (χ1n) is 4.68. The van der Waals surface area contributed by atoms with Crippen molar-refractivity contribution >= 4 is 17.4 Å². The van der Waals surface area contributed by atoms with E-state index in [-0.39, 0.29) is 5.15 Å². The molecule has 0 N–H and O–H groups in total. The van der Waals surface area contributed by atoms with Crippen molar-refractivity contribution in [3.63, 3.8) is 0 Å². The Balaban J connectivity index is 2.11. The Morgan fingerprint density at radius 1 is 1.40 bits per heavy atom. The van der Waals surface area contributed by atoms with Gasteiger partial charge in [0, 0.05) is 31.4 Å². The number of hydrogen-bond acceptors (Lipinski definition) is 3. The van der Waals surface area contributed by atoms with E-state index >= 15 is 0 Å². The fraction of sp³-hybridized carbons (Fsp3) is 0.556. The van der Waals surface area contributed by atoms with Gasteiger partial charge in [0.05, 0.1) is 0 Å². The highest BCUT2D eigenvalue weighted by atomic mass is 35.5. The molecule has 2 heterocycles. The van der Waals surface area contributed by atoms with Gasteiger partial charge in [0.1, 0.15) is 0 Å². The quantitative estimate of drug-likeness (QED) is 0.784. The van der Waals surface area contributed by atoms with Crippen molar-refractivity contribution in [3.8, 4) is 0 Å². The molecule has 0 aromatic carbocycles. The van der Waals surface area contributed by atoms with Crippen LogP contribution in [0.4, 0.5) is 14.6 Å². The van der Waals surface area contributed by atoms with Crippen LogP contribution in [0.15, 0.2) is 12.4 Å². The zero-order valence-corrected chi connectivity index (χ0v) is 8.66. The Morgan fingerprint density at radius 2 is 2.13 bits per heavy atom. The number of hydrogen-bond donors (Lipinski definition) is 0. The van der Waals surface area contributed by atoms with Crippen LogP contribution in [-0.2, 0) is 0 Å². The monoisotopic (exact) mass is 233 g/mol. The van der Waals surface area contributed by atoms with Crippen molar-refractivity contribution in [2.24, 2.45) is 5.92 Å². The summed E-state index contributed by atoms with van der Waals surface area (Å²) in [6.45, 7) is 0.865. The van der Waals surface area contributed by atoms with Crippen LogP contribution in [0.25, 0.3) is 0 Å². The summed E-state index contributed by atoms with van der Waals surface area (Å²) in [7, 11) is 0. The number of rotatable bonds is 2. The Morgan fingerprint density at radius 3 is 2.73 bits per heavy atom. The molecule has 1 aliphatic heterocycles. The van der Waals surface area contributed by atoms with E-state index in [1.165, 1.54) is 12.4 Å². The summed E-state index contributed by atoms with van der Waals surface area (Å²) < 4.78 is 24.9. The first-order valence-corrected chi connectivity index (χ1v) is 5.06. The van der Waals surface area contributed by atoms with E-state index in [4.69, 9.17) is 11.6 Å². The molecule has 15 heavy (non-hydrogen) atoms. The predicted molar refractivity (Wildman–Crippen MR) is 53.4 cm³/mol. The van der Waals surface area contributed by atoms with E-state index in [1.54, 1.807) is 4.90 Å². The molecule has 0 unspecified atom stereocenters. The number of aromatic nitrogens is 2. The largest absolute Gasteiger partial charge is 0.354 e. The third kappa shape index (κ3) is 2.17. The van der Waals surface area contributed by atoms with Gasteiger partial charge in [0.25, 0.3) is 0 Å². The van der Waals surface area contributed by atoms with Crippen molar-refractivity contribution in [2.75, 3.05) is 18.0 Å². The lowest BCUT2D eigenvalue weighted by atomic mass is 10.1. The Labute approximate surface area is 91.1 Å². The molecule has 0 amide bonds. The molecule has 82 valence electrons. The zero-order chi connectivity index (χ0) is 10.8. The zero-order valence-electron chi connectivity index (χ0n) is 7.91. The second-order valence-corrected chi connectivity index (χ2v) is 3.86. The van der Waals surface area contributed by atoms with Crippen LogP contribution in [0.1, 0.15) is 6.42 Å². The lowest BCUT2D eigenvalue weighted by Crippen LogP contribution is -2.23. The van der Waals surface area contributed by atoms with Crippen molar-refractivity contribution in [1.82, 2.24) is 9.97 Å². The molecule has 0 spiro atoms. The maximum atomic E-state index is 12.4. The fourth-order valence-corrected chi connectivity index (χ4v) is 1.94. The molecule has 0 radical (unpaired) electrons. The summed E-state index contributed by atoms with van der Waals surface area (Å²) in [5.41, 5.74) is 0. The van der Waals surface area contributed by atoms with Crippen LogP contribution in [0.2, 0.25) is 5.15 Å². The van der Waals surface area contributed by atoms with Crippen LogP contribution in [-0.4, -0.2) is 29.5 Å². The van der Waals surface area contributed by atoms with Crippen molar-refractivity contribution in [1.29, 1.82) is 0 Å². The van der Waals surface area contributed by atoms with Crippen LogP contribution < -0.4 is 4.90 Å². The molecule has 1 aromatic heterocycles. The molecule has 3 nitrogen and oxygen atoms in total. The average molecular weight is 234 g/mol. The second kappa shape index (κ2) is 4.26. The molecule has 0 aliphatic carbocycles. The molecule has 0 saturated carbocycles. The van der Waals surface area contributed by atoms with Gasteiger partial charge in [-0.05, 0) is 6.42 Å². The number of halogens is 3. The maximum absolute atomic E-state index is 12.4. The van der Waals surface area contributed by atoms with Gasteiger partial charge in [-0.15, -0.1) is 0 Å². The second-order valence-electron chi connectivity index (χ2n) is 3.50. The predicted octanol–water partition coefficient (Wildman–Crippen LogP) is 2.22. The highest BCUT2D eigenvalue weighted by Gasteiger charge is 2.31. The molecular weight excluding hydrogens is 224 g/mol. The molecule has 1 aliphatic rings. The summed E-state index contributed by atoms with van der Waals surface area (Å²) in [4.78, 5) is 9.66. The normalized spacial score (nSPS) is 21.3. The average Bonchev–Trinajstić information content (AvgIpc) is 2.67. The first-order chi connectivity index (χ1) is 7.18. The molecule has 1 aromatic rings. The summed E-state index contributed by atoms with van der Waals surface area (Å²) >= 11 is 5.83. The first kappa shape index (κ1) is 10.5. The minimum atomic E-state index is -2.27. The van der Waals surface area contributed by atoms with E-state index in [0.717, 1.165) is 0 Å². The third-order valence-corrected chi connectivity index (χ3v) is 2.78. The molecule has 1 atom stereocenters. The topological polar surface area (TPSA) is 29.0 Å². The van der Waals surface area contributed by atoms with Crippen molar-refractivity contribution in [3.05, 3.63) is 17.5 Å². The van der Waals surface area contributed by atoms with Gasteiger partial charge in [-0.3, -0.25) is 0 Å². The molecule has 1 fully saturated rings. The number of alkyl halides is 2. The van der Waals surface area contributed by atoms with Gasteiger partial charge in [-0.25, -0.2) is 18.7 Å². The van der Waals surface area contributed by atoms with E-state index in [1.807, 2.05) is 0 Å². The lowest BCUT2D eigenvalue weighted by Gasteiger charge is -2.17. The van der Waals surface area contributed by atoms with Crippen molar-refractivity contribution in [2.45, 2.75) is 12.8 Å². The lowest BCUT2D eigenvalue weighted by molar-refractivity contribution is 0.0880. The van der Waals surface area contributed by atoms with E-state index in [2.05, 4.69) is 9.97 Å². The summed E-state index contributed by atoms with van der Waals surface area (Å²) in [6, 6.07) is 0. The van der Waals surface area contributed by atoms with E-state index in [0.29, 0.717) is 25.3 Å². The van der Waals surface area contributed by atoms with Gasteiger partial charge >= 0.3 is 0 Å². The SMILES string of the molecule is FC(F)[C@@H]1CCN(c2nccnc2Cl)C1. The van der Waals surface area contributed by atoms with Crippen molar-refractivity contribution < 1.29 is 8.78 Å². The van der Waals surface area contributed by atoms with Gasteiger partial charge in [0.2, 0.25) is 6.43 Å². The molecular formula is C9H10ClF2N3. The number of nitrogens with zero attached hydrogens (tertiary/aromatic N) is 3. The maximum Gasteiger partial charge on any atom is 0.243 e. The van der Waals surface area contributed by atoms with Crippen LogP contribution in [0, 0.1) is 5.92 Å². The Hall–Kier alpha value is -0.970. The third-order valence-electron chi connectivity index (χ3n) is 2.52.